The number of nitrogens with one attached hydrogen (secondary N) is 1. The normalized spacial score (nSPS) is 14.4. The van der Waals surface area contributed by atoms with Crippen LogP contribution in [0.25, 0.3) is 0 Å². The fourth-order valence-electron chi connectivity index (χ4n) is 2.90. The van der Waals surface area contributed by atoms with E-state index in [4.69, 9.17) is 4.18 Å². The lowest BCUT2D eigenvalue weighted by Gasteiger charge is -2.28. The van der Waals surface area contributed by atoms with E-state index in [0.29, 0.717) is 5.69 Å². The van der Waals surface area contributed by atoms with E-state index in [-0.39, 0.29) is 9.79 Å². The van der Waals surface area contributed by atoms with E-state index < -0.39 is 31.3 Å². The summed E-state index contributed by atoms with van der Waals surface area (Å²) in [5.41, 5.74) is 2.17. The number of sulfone groups is 1. The Balaban J connectivity index is 2.00. The molecule has 2 aromatic carbocycles. The number of hydrogen-bond donors (Lipinski definition) is 1. The second kappa shape index (κ2) is 7.78. The van der Waals surface area contributed by atoms with Gasteiger partial charge in [0, 0.05) is 11.9 Å². The lowest BCUT2D eigenvalue weighted by atomic mass is 10.1. The Morgan fingerprint density at radius 1 is 0.828 bits per heavy atom. The van der Waals surface area contributed by atoms with Gasteiger partial charge in [-0.15, -0.1) is 0 Å². The van der Waals surface area contributed by atoms with Gasteiger partial charge in [-0.05, 0) is 57.2 Å². The summed E-state index contributed by atoms with van der Waals surface area (Å²) in [5.74, 6) is 0. The number of hydrogen-bond acceptors (Lipinski definition) is 5. The molecule has 1 unspecified atom stereocenters. The summed E-state index contributed by atoms with van der Waals surface area (Å²) in [6.07, 6.45) is 1.59. The molecule has 0 saturated heterocycles. The van der Waals surface area contributed by atoms with Crippen LogP contribution in [0.5, 0.6) is 0 Å². The molecule has 0 bridgehead atoms. The van der Waals surface area contributed by atoms with Gasteiger partial charge < -0.3 is 4.98 Å². The summed E-state index contributed by atoms with van der Waals surface area (Å²) in [6, 6.07) is 15.9. The summed E-state index contributed by atoms with van der Waals surface area (Å²) in [5, 5.41) is 0. The molecule has 1 atom stereocenters. The van der Waals surface area contributed by atoms with Crippen molar-refractivity contribution in [2.45, 2.75) is 35.3 Å². The Kier molecular flexibility index (Phi) is 5.71. The first-order valence-corrected chi connectivity index (χ1v) is 11.9. The fraction of sp³-hybridized carbons (Fsp3) is 0.238. The molecule has 0 radical (unpaired) electrons. The smallest absolute Gasteiger partial charge is 0.297 e. The minimum atomic E-state index is -4.13. The fourth-order valence-corrected chi connectivity index (χ4v) is 5.62. The van der Waals surface area contributed by atoms with Gasteiger partial charge in [-0.2, -0.15) is 8.42 Å². The minimum Gasteiger partial charge on any atom is -0.364 e. The summed E-state index contributed by atoms with van der Waals surface area (Å²) in [4.78, 5) is 2.97. The Bertz CT molecular complexity index is 1180. The molecule has 0 spiro atoms. The van der Waals surface area contributed by atoms with E-state index in [1.807, 2.05) is 13.8 Å². The van der Waals surface area contributed by atoms with E-state index in [9.17, 15) is 16.8 Å². The highest BCUT2D eigenvalue weighted by Gasteiger charge is 2.44. The van der Waals surface area contributed by atoms with Crippen molar-refractivity contribution in [1.82, 2.24) is 4.98 Å². The molecular weight excluding hydrogens is 410 g/mol. The van der Waals surface area contributed by atoms with Crippen molar-refractivity contribution in [2.75, 3.05) is 6.61 Å². The molecule has 0 aliphatic heterocycles. The van der Waals surface area contributed by atoms with E-state index >= 15 is 0 Å². The number of aryl methyl sites for hydroxylation is 2. The van der Waals surface area contributed by atoms with Gasteiger partial charge in [0.1, 0.15) is 4.75 Å². The van der Waals surface area contributed by atoms with Gasteiger partial charge in [0.15, 0.2) is 9.84 Å². The third kappa shape index (κ3) is 4.14. The molecule has 3 aromatic rings. The zero-order valence-corrected chi connectivity index (χ0v) is 18.0. The maximum Gasteiger partial charge on any atom is 0.297 e. The molecule has 3 rings (SSSR count). The number of aromatic nitrogens is 1. The van der Waals surface area contributed by atoms with Crippen LogP contribution < -0.4 is 0 Å². The monoisotopic (exact) mass is 433 g/mol. The zero-order valence-electron chi connectivity index (χ0n) is 16.4. The number of rotatable bonds is 7. The van der Waals surface area contributed by atoms with E-state index in [1.54, 1.807) is 42.6 Å². The quantitative estimate of drug-likeness (QED) is 0.573. The Hall–Kier alpha value is -2.42. The van der Waals surface area contributed by atoms with Crippen LogP contribution in [0, 0.1) is 13.8 Å². The standard InChI is InChI=1S/C21H23NO5S2/c1-16-6-10-18(11-7-16)28(23,24)21(3,20-5-4-14-22-20)15-27-29(25,26)19-12-8-17(2)9-13-19/h4-14,22H,15H2,1-3H3. The maximum absolute atomic E-state index is 13.5. The van der Waals surface area contributed by atoms with Gasteiger partial charge in [-0.25, -0.2) is 8.42 Å². The maximum atomic E-state index is 13.5. The largest absolute Gasteiger partial charge is 0.364 e. The lowest BCUT2D eigenvalue weighted by molar-refractivity contribution is 0.275. The van der Waals surface area contributed by atoms with Gasteiger partial charge in [-0.1, -0.05) is 35.4 Å². The van der Waals surface area contributed by atoms with Crippen molar-refractivity contribution >= 4 is 20.0 Å². The molecule has 0 aliphatic rings. The van der Waals surface area contributed by atoms with Crippen molar-refractivity contribution in [3.63, 3.8) is 0 Å². The van der Waals surface area contributed by atoms with Gasteiger partial charge in [-0.3, -0.25) is 4.18 Å². The molecule has 0 aliphatic carbocycles. The van der Waals surface area contributed by atoms with Crippen molar-refractivity contribution < 1.29 is 21.0 Å². The predicted molar refractivity (Wildman–Crippen MR) is 111 cm³/mol. The van der Waals surface area contributed by atoms with Crippen molar-refractivity contribution in [3.05, 3.63) is 83.7 Å². The zero-order chi connectivity index (χ0) is 21.3. The topological polar surface area (TPSA) is 93.3 Å². The third-order valence-electron chi connectivity index (χ3n) is 4.89. The van der Waals surface area contributed by atoms with Crippen molar-refractivity contribution in [3.8, 4) is 0 Å². The second-order valence-corrected chi connectivity index (χ2v) is 11.2. The van der Waals surface area contributed by atoms with Crippen LogP contribution in [-0.4, -0.2) is 28.4 Å². The molecule has 6 nitrogen and oxygen atoms in total. The molecular formula is C21H23NO5S2. The first kappa shape index (κ1) is 21.3. The highest BCUT2D eigenvalue weighted by Crippen LogP contribution is 2.36. The average Bonchev–Trinajstić information content (AvgIpc) is 3.22. The lowest BCUT2D eigenvalue weighted by Crippen LogP contribution is -2.38. The molecule has 154 valence electrons. The van der Waals surface area contributed by atoms with Crippen LogP contribution in [0.1, 0.15) is 23.7 Å². The first-order chi connectivity index (χ1) is 13.6. The number of aromatic amines is 1. The number of H-pyrrole nitrogens is 1. The van der Waals surface area contributed by atoms with Gasteiger partial charge in [0.25, 0.3) is 10.1 Å². The Morgan fingerprint density at radius 2 is 1.34 bits per heavy atom. The van der Waals surface area contributed by atoms with Gasteiger partial charge in [0.05, 0.1) is 16.4 Å². The molecule has 0 saturated carbocycles. The Labute approximate surface area is 171 Å². The average molecular weight is 434 g/mol. The van der Waals surface area contributed by atoms with Crippen molar-refractivity contribution in [2.24, 2.45) is 0 Å². The van der Waals surface area contributed by atoms with Crippen LogP contribution in [0.3, 0.4) is 0 Å². The predicted octanol–water partition coefficient (Wildman–Crippen LogP) is 3.73. The molecule has 0 amide bonds. The summed E-state index contributed by atoms with van der Waals surface area (Å²) in [6.45, 7) is 4.59. The summed E-state index contributed by atoms with van der Waals surface area (Å²) >= 11 is 0. The van der Waals surface area contributed by atoms with Crippen molar-refractivity contribution in [1.29, 1.82) is 0 Å². The summed E-state index contributed by atoms with van der Waals surface area (Å²) in [7, 11) is -8.10. The van der Waals surface area contributed by atoms with Crippen LogP contribution in [0.4, 0.5) is 0 Å². The highest BCUT2D eigenvalue weighted by atomic mass is 32.2. The molecule has 1 heterocycles. The second-order valence-electron chi connectivity index (χ2n) is 7.16. The molecule has 1 aromatic heterocycles. The Morgan fingerprint density at radius 3 is 1.83 bits per heavy atom. The van der Waals surface area contributed by atoms with E-state index in [0.717, 1.165) is 11.1 Å². The molecule has 29 heavy (non-hydrogen) atoms. The van der Waals surface area contributed by atoms with Gasteiger partial charge >= 0.3 is 0 Å². The van der Waals surface area contributed by atoms with E-state index in [1.165, 1.54) is 31.2 Å². The first-order valence-electron chi connectivity index (χ1n) is 8.97. The summed E-state index contributed by atoms with van der Waals surface area (Å²) < 4.78 is 55.8. The van der Waals surface area contributed by atoms with Crippen LogP contribution >= 0.6 is 0 Å². The van der Waals surface area contributed by atoms with Gasteiger partial charge in [0.2, 0.25) is 0 Å². The molecule has 1 N–H and O–H groups in total. The highest BCUT2D eigenvalue weighted by molar-refractivity contribution is 7.92. The number of benzene rings is 2. The van der Waals surface area contributed by atoms with Crippen LogP contribution in [0.2, 0.25) is 0 Å². The molecule has 8 heteroatoms. The SMILES string of the molecule is Cc1ccc(S(=O)(=O)OCC(C)(c2ccc[nH]2)S(=O)(=O)c2ccc(C)cc2)cc1. The van der Waals surface area contributed by atoms with Crippen LogP contribution in [-0.2, 0) is 28.9 Å². The minimum absolute atomic E-state index is 0.0235. The van der Waals surface area contributed by atoms with Crippen LogP contribution in [0.15, 0.2) is 76.7 Å². The molecule has 0 fully saturated rings. The van der Waals surface area contributed by atoms with E-state index in [2.05, 4.69) is 4.98 Å². The third-order valence-corrected chi connectivity index (χ3v) is 8.59.